The fourth-order valence-electron chi connectivity index (χ4n) is 2.06. The summed E-state index contributed by atoms with van der Waals surface area (Å²) in [6.07, 6.45) is 4.01. The molecule has 2 heterocycles. The molecule has 1 fully saturated rings. The highest BCUT2D eigenvalue weighted by atomic mass is 16.5. The maximum atomic E-state index is 5.88. The molecule has 0 unspecified atom stereocenters. The summed E-state index contributed by atoms with van der Waals surface area (Å²) in [5.74, 6) is 0.716. The van der Waals surface area contributed by atoms with Crippen LogP contribution in [-0.2, 0) is 6.54 Å². The smallest absolute Gasteiger partial charge is 0.213 e. The average molecular weight is 235 g/mol. The van der Waals surface area contributed by atoms with Crippen molar-refractivity contribution < 1.29 is 4.74 Å². The van der Waals surface area contributed by atoms with Crippen molar-refractivity contribution in [3.05, 3.63) is 23.9 Å². The van der Waals surface area contributed by atoms with Crippen LogP contribution in [0.25, 0.3) is 0 Å². The Hall–Kier alpha value is -1.13. The van der Waals surface area contributed by atoms with Crippen LogP contribution in [0.1, 0.15) is 25.3 Å². The van der Waals surface area contributed by atoms with Crippen LogP contribution in [0.3, 0.4) is 0 Å². The summed E-state index contributed by atoms with van der Waals surface area (Å²) in [5.41, 5.74) is 7.11. The number of likely N-dealkylation sites (tertiary alicyclic amines) is 1. The minimum Gasteiger partial charge on any atom is -0.478 e. The quantitative estimate of drug-likeness (QED) is 0.838. The second kappa shape index (κ2) is 5.98. The zero-order valence-corrected chi connectivity index (χ0v) is 10.4. The number of hydrogen-bond donors (Lipinski definition) is 1. The molecule has 0 radical (unpaired) electrons. The molecule has 2 N–H and O–H groups in total. The van der Waals surface area contributed by atoms with E-state index in [4.69, 9.17) is 10.5 Å². The van der Waals surface area contributed by atoms with Gasteiger partial charge in [0.2, 0.25) is 5.88 Å². The highest BCUT2D eigenvalue weighted by Gasteiger charge is 2.18. The van der Waals surface area contributed by atoms with Gasteiger partial charge in [-0.2, -0.15) is 0 Å². The zero-order chi connectivity index (χ0) is 12.1. The monoisotopic (exact) mass is 235 g/mol. The normalized spacial score (nSPS) is 20.7. The highest BCUT2D eigenvalue weighted by Crippen LogP contribution is 2.13. The van der Waals surface area contributed by atoms with Crippen molar-refractivity contribution in [1.82, 2.24) is 9.88 Å². The molecule has 0 aromatic carbocycles. The van der Waals surface area contributed by atoms with Gasteiger partial charge in [0, 0.05) is 37.9 Å². The van der Waals surface area contributed by atoms with Crippen molar-refractivity contribution in [2.75, 3.05) is 19.7 Å². The Kier molecular flexibility index (Phi) is 4.34. The van der Waals surface area contributed by atoms with E-state index >= 15 is 0 Å². The average Bonchev–Trinajstić information content (AvgIpc) is 2.74. The standard InChI is InChI=1S/C13H21N3O/c1-2-7-17-13-4-3-11(8-15-13)9-16-6-5-12(14)10-16/h3-4,8,12H,2,5-7,9-10,14H2,1H3/t12-/m0/s1. The highest BCUT2D eigenvalue weighted by molar-refractivity contribution is 5.17. The van der Waals surface area contributed by atoms with Gasteiger partial charge in [0.1, 0.15) is 0 Å². The Bertz CT molecular complexity index is 339. The summed E-state index contributed by atoms with van der Waals surface area (Å²) in [6, 6.07) is 4.37. The summed E-state index contributed by atoms with van der Waals surface area (Å²) < 4.78 is 5.45. The van der Waals surface area contributed by atoms with E-state index in [1.807, 2.05) is 12.3 Å². The van der Waals surface area contributed by atoms with Crippen molar-refractivity contribution in [2.45, 2.75) is 32.4 Å². The van der Waals surface area contributed by atoms with Crippen LogP contribution in [0.2, 0.25) is 0 Å². The van der Waals surface area contributed by atoms with E-state index in [0.717, 1.165) is 39.1 Å². The molecule has 1 atom stereocenters. The van der Waals surface area contributed by atoms with E-state index in [0.29, 0.717) is 11.9 Å². The van der Waals surface area contributed by atoms with Gasteiger partial charge in [-0.15, -0.1) is 0 Å². The molecule has 1 aliphatic rings. The van der Waals surface area contributed by atoms with Gasteiger partial charge in [-0.25, -0.2) is 4.98 Å². The van der Waals surface area contributed by atoms with Crippen LogP contribution in [-0.4, -0.2) is 35.6 Å². The van der Waals surface area contributed by atoms with Crippen molar-refractivity contribution >= 4 is 0 Å². The Morgan fingerprint density at radius 3 is 3.00 bits per heavy atom. The molecule has 1 aromatic heterocycles. The first-order valence-corrected chi connectivity index (χ1v) is 6.33. The van der Waals surface area contributed by atoms with Crippen molar-refractivity contribution in [3.8, 4) is 5.88 Å². The van der Waals surface area contributed by atoms with E-state index in [9.17, 15) is 0 Å². The maximum Gasteiger partial charge on any atom is 0.213 e. The molecule has 0 amide bonds. The Labute approximate surface area is 103 Å². The van der Waals surface area contributed by atoms with E-state index in [1.54, 1.807) is 0 Å². The number of pyridine rings is 1. The summed E-state index contributed by atoms with van der Waals surface area (Å²) in [6.45, 7) is 5.84. The van der Waals surface area contributed by atoms with Gasteiger partial charge in [0.15, 0.2) is 0 Å². The largest absolute Gasteiger partial charge is 0.478 e. The maximum absolute atomic E-state index is 5.88. The van der Waals surface area contributed by atoms with Gasteiger partial charge < -0.3 is 10.5 Å². The molecule has 0 aliphatic carbocycles. The molecule has 0 saturated carbocycles. The predicted molar refractivity (Wildman–Crippen MR) is 67.9 cm³/mol. The van der Waals surface area contributed by atoms with Crippen LogP contribution >= 0.6 is 0 Å². The second-order valence-electron chi connectivity index (χ2n) is 4.64. The van der Waals surface area contributed by atoms with E-state index in [1.165, 1.54) is 5.56 Å². The number of aromatic nitrogens is 1. The first-order valence-electron chi connectivity index (χ1n) is 6.33. The molecule has 0 spiro atoms. The van der Waals surface area contributed by atoms with Crippen LogP contribution < -0.4 is 10.5 Å². The molecule has 1 aromatic rings. The van der Waals surface area contributed by atoms with Crippen molar-refractivity contribution in [1.29, 1.82) is 0 Å². The summed E-state index contributed by atoms with van der Waals surface area (Å²) in [5, 5.41) is 0. The van der Waals surface area contributed by atoms with Crippen molar-refractivity contribution in [2.24, 2.45) is 5.73 Å². The third-order valence-electron chi connectivity index (χ3n) is 2.97. The molecule has 17 heavy (non-hydrogen) atoms. The van der Waals surface area contributed by atoms with Gasteiger partial charge in [-0.1, -0.05) is 13.0 Å². The topological polar surface area (TPSA) is 51.4 Å². The van der Waals surface area contributed by atoms with Gasteiger partial charge in [0.05, 0.1) is 6.61 Å². The van der Waals surface area contributed by atoms with E-state index in [-0.39, 0.29) is 0 Å². The van der Waals surface area contributed by atoms with Gasteiger partial charge >= 0.3 is 0 Å². The van der Waals surface area contributed by atoms with Gasteiger partial charge in [0.25, 0.3) is 0 Å². The zero-order valence-electron chi connectivity index (χ0n) is 10.4. The number of hydrogen-bond acceptors (Lipinski definition) is 4. The molecule has 2 rings (SSSR count). The third-order valence-corrected chi connectivity index (χ3v) is 2.97. The lowest BCUT2D eigenvalue weighted by atomic mass is 10.2. The van der Waals surface area contributed by atoms with E-state index < -0.39 is 0 Å². The lowest BCUT2D eigenvalue weighted by Crippen LogP contribution is -2.26. The SMILES string of the molecule is CCCOc1ccc(CN2CC[C@H](N)C2)cn1. The summed E-state index contributed by atoms with van der Waals surface area (Å²) >= 11 is 0. The number of nitrogens with two attached hydrogens (primary N) is 1. The number of ether oxygens (including phenoxy) is 1. The molecular formula is C13H21N3O. The van der Waals surface area contributed by atoms with Crippen LogP contribution in [0.15, 0.2) is 18.3 Å². The molecule has 4 heteroatoms. The Balaban J connectivity index is 1.85. The third kappa shape index (κ3) is 3.68. The predicted octanol–water partition coefficient (Wildman–Crippen LogP) is 1.40. The van der Waals surface area contributed by atoms with Crippen molar-refractivity contribution in [3.63, 3.8) is 0 Å². The summed E-state index contributed by atoms with van der Waals surface area (Å²) in [7, 11) is 0. The lowest BCUT2D eigenvalue weighted by molar-refractivity contribution is 0.303. The van der Waals surface area contributed by atoms with Gasteiger partial charge in [-0.3, -0.25) is 4.90 Å². The molecule has 1 saturated heterocycles. The second-order valence-corrected chi connectivity index (χ2v) is 4.64. The first kappa shape index (κ1) is 12.3. The number of nitrogens with zero attached hydrogens (tertiary/aromatic N) is 2. The fraction of sp³-hybridized carbons (Fsp3) is 0.615. The Morgan fingerprint density at radius 1 is 1.53 bits per heavy atom. The van der Waals surface area contributed by atoms with Crippen LogP contribution in [0.4, 0.5) is 0 Å². The molecule has 94 valence electrons. The minimum atomic E-state index is 0.343. The molecule has 1 aliphatic heterocycles. The van der Waals surface area contributed by atoms with Crippen LogP contribution in [0, 0.1) is 0 Å². The Morgan fingerprint density at radius 2 is 2.41 bits per heavy atom. The first-order chi connectivity index (χ1) is 8.28. The molecule has 4 nitrogen and oxygen atoms in total. The molecule has 0 bridgehead atoms. The fourth-order valence-corrected chi connectivity index (χ4v) is 2.06. The van der Waals surface area contributed by atoms with Crippen LogP contribution in [0.5, 0.6) is 5.88 Å². The summed E-state index contributed by atoms with van der Waals surface area (Å²) in [4.78, 5) is 6.67. The van der Waals surface area contributed by atoms with E-state index in [2.05, 4.69) is 22.9 Å². The van der Waals surface area contributed by atoms with Gasteiger partial charge in [-0.05, 0) is 18.4 Å². The minimum absolute atomic E-state index is 0.343. The molecular weight excluding hydrogens is 214 g/mol. The lowest BCUT2D eigenvalue weighted by Gasteiger charge is -2.14. The number of rotatable bonds is 5.